The van der Waals surface area contributed by atoms with Gasteiger partial charge < -0.3 is 9.73 Å². The average molecular weight is 497 g/mol. The van der Waals surface area contributed by atoms with Crippen molar-refractivity contribution in [3.63, 3.8) is 0 Å². The Morgan fingerprint density at radius 1 is 1.00 bits per heavy atom. The van der Waals surface area contributed by atoms with Gasteiger partial charge in [-0.15, -0.1) is 0 Å². The monoisotopic (exact) mass is 495 g/mol. The number of hydrogen-bond donors (Lipinski definition) is 1. The maximum atomic E-state index is 12.4. The summed E-state index contributed by atoms with van der Waals surface area (Å²) in [5, 5.41) is 2.82. The van der Waals surface area contributed by atoms with E-state index in [1.807, 2.05) is 36.4 Å². The van der Waals surface area contributed by atoms with Gasteiger partial charge in [-0.1, -0.05) is 50.1 Å². The van der Waals surface area contributed by atoms with Crippen LogP contribution in [-0.4, -0.2) is 10.1 Å². The Morgan fingerprint density at radius 3 is 2.46 bits per heavy atom. The van der Waals surface area contributed by atoms with Crippen molar-refractivity contribution in [2.45, 2.75) is 17.2 Å². The van der Waals surface area contributed by atoms with Crippen LogP contribution >= 0.6 is 31.9 Å². The Hall–Kier alpha value is -1.70. The second-order valence-corrected chi connectivity index (χ2v) is 8.70. The molecular weight excluding hydrogens is 482 g/mol. The molecular formula is C19H15Br2NO3S. The summed E-state index contributed by atoms with van der Waals surface area (Å²) in [6.45, 7) is 0.390. The molecule has 0 spiro atoms. The van der Waals surface area contributed by atoms with E-state index in [-0.39, 0.29) is 17.4 Å². The molecule has 0 fully saturated rings. The number of nitrogens with one attached hydrogen (secondary N) is 1. The largest absolute Gasteiger partial charge is 0.455 e. The van der Waals surface area contributed by atoms with Gasteiger partial charge in [-0.05, 0) is 48.0 Å². The maximum Gasteiger partial charge on any atom is 0.287 e. The quantitative estimate of drug-likeness (QED) is 0.519. The van der Waals surface area contributed by atoms with Gasteiger partial charge in [-0.2, -0.15) is 0 Å². The van der Waals surface area contributed by atoms with Gasteiger partial charge in [-0.25, -0.2) is 0 Å². The predicted octanol–water partition coefficient (Wildman–Crippen LogP) is 5.04. The van der Waals surface area contributed by atoms with Crippen LogP contribution in [0, 0.1) is 0 Å². The molecule has 0 unspecified atom stereocenters. The summed E-state index contributed by atoms with van der Waals surface area (Å²) in [6.07, 6.45) is 0. The van der Waals surface area contributed by atoms with Gasteiger partial charge in [0, 0.05) is 20.4 Å². The third-order valence-corrected chi connectivity index (χ3v) is 6.28. The molecule has 4 nitrogen and oxygen atoms in total. The molecule has 1 atom stereocenters. The standard InChI is InChI=1S/C19H15Br2NO3S/c20-14-5-8-16(9-6-14)26(24)12-15-7-10-18(25-15)19(23)22-11-13-3-1-2-4-17(13)21/h1-10H,11-12H2,(H,22,23)/t26-/m1/s1. The summed E-state index contributed by atoms with van der Waals surface area (Å²) in [4.78, 5) is 12.9. The lowest BCUT2D eigenvalue weighted by atomic mass is 10.2. The third-order valence-electron chi connectivity index (χ3n) is 3.63. The van der Waals surface area contributed by atoms with Crippen LogP contribution in [-0.2, 0) is 23.1 Å². The van der Waals surface area contributed by atoms with Crippen LogP contribution in [0.15, 0.2) is 78.9 Å². The second kappa shape index (κ2) is 8.79. The number of furan rings is 1. The lowest BCUT2D eigenvalue weighted by Crippen LogP contribution is -2.22. The maximum absolute atomic E-state index is 12.4. The average Bonchev–Trinajstić information content (AvgIpc) is 3.10. The fourth-order valence-corrected chi connectivity index (χ4v) is 3.99. The van der Waals surface area contributed by atoms with E-state index in [2.05, 4.69) is 37.2 Å². The Kier molecular flexibility index (Phi) is 6.45. The molecule has 0 aliphatic carbocycles. The Labute approximate surface area is 170 Å². The van der Waals surface area contributed by atoms with Gasteiger partial charge in [0.25, 0.3) is 5.91 Å². The van der Waals surface area contributed by atoms with Gasteiger partial charge in [0.2, 0.25) is 0 Å². The van der Waals surface area contributed by atoms with Gasteiger partial charge >= 0.3 is 0 Å². The molecule has 1 heterocycles. The summed E-state index contributed by atoms with van der Waals surface area (Å²) in [5.41, 5.74) is 0.976. The van der Waals surface area contributed by atoms with Crippen molar-refractivity contribution < 1.29 is 13.4 Å². The van der Waals surface area contributed by atoms with Crippen molar-refractivity contribution in [1.82, 2.24) is 5.32 Å². The van der Waals surface area contributed by atoms with Crippen LogP contribution in [0.1, 0.15) is 21.9 Å². The van der Waals surface area contributed by atoms with E-state index in [0.717, 1.165) is 14.5 Å². The number of rotatable bonds is 6. The zero-order valence-corrected chi connectivity index (χ0v) is 17.6. The first-order chi connectivity index (χ1) is 12.5. The van der Waals surface area contributed by atoms with Crippen molar-refractivity contribution in [2.75, 3.05) is 0 Å². The highest BCUT2D eigenvalue weighted by molar-refractivity contribution is 9.10. The SMILES string of the molecule is O=C(NCc1ccccc1Br)c1ccc(C[S@@](=O)c2ccc(Br)cc2)o1. The van der Waals surface area contributed by atoms with Crippen molar-refractivity contribution in [3.8, 4) is 0 Å². The Balaban J connectivity index is 1.60. The smallest absolute Gasteiger partial charge is 0.287 e. The molecule has 0 aliphatic heterocycles. The molecule has 0 saturated carbocycles. The minimum absolute atomic E-state index is 0.208. The van der Waals surface area contributed by atoms with Crippen molar-refractivity contribution >= 4 is 48.6 Å². The minimum atomic E-state index is -1.23. The molecule has 26 heavy (non-hydrogen) atoms. The van der Waals surface area contributed by atoms with E-state index in [9.17, 15) is 9.00 Å². The van der Waals surface area contributed by atoms with Crippen LogP contribution in [0.3, 0.4) is 0 Å². The molecule has 0 bridgehead atoms. The Morgan fingerprint density at radius 2 is 1.73 bits per heavy atom. The highest BCUT2D eigenvalue weighted by atomic mass is 79.9. The summed E-state index contributed by atoms with van der Waals surface area (Å²) in [7, 11) is -1.23. The topological polar surface area (TPSA) is 59.3 Å². The number of benzene rings is 2. The summed E-state index contributed by atoms with van der Waals surface area (Å²) >= 11 is 6.80. The number of carbonyl (C=O) groups is 1. The van der Waals surface area contributed by atoms with E-state index in [1.165, 1.54) is 0 Å². The summed E-state index contributed by atoms with van der Waals surface area (Å²) < 4.78 is 19.8. The normalized spacial score (nSPS) is 11.9. The molecule has 0 radical (unpaired) electrons. The van der Waals surface area contributed by atoms with Crippen molar-refractivity contribution in [2.24, 2.45) is 0 Å². The lowest BCUT2D eigenvalue weighted by Gasteiger charge is -2.05. The number of hydrogen-bond acceptors (Lipinski definition) is 3. The highest BCUT2D eigenvalue weighted by Crippen LogP contribution is 2.18. The van der Waals surface area contributed by atoms with Crippen molar-refractivity contribution in [1.29, 1.82) is 0 Å². The molecule has 1 amide bonds. The van der Waals surface area contributed by atoms with E-state index in [4.69, 9.17) is 4.42 Å². The second-order valence-electron chi connectivity index (χ2n) is 5.48. The predicted molar refractivity (Wildman–Crippen MR) is 108 cm³/mol. The fraction of sp³-hybridized carbons (Fsp3) is 0.105. The van der Waals surface area contributed by atoms with Crippen LogP contribution in [0.5, 0.6) is 0 Å². The van der Waals surface area contributed by atoms with Gasteiger partial charge in [0.05, 0.1) is 16.6 Å². The highest BCUT2D eigenvalue weighted by Gasteiger charge is 2.14. The van der Waals surface area contributed by atoms with E-state index < -0.39 is 10.8 Å². The van der Waals surface area contributed by atoms with E-state index >= 15 is 0 Å². The molecule has 2 aromatic carbocycles. The first-order valence-electron chi connectivity index (χ1n) is 7.77. The molecule has 1 N–H and O–H groups in total. The lowest BCUT2D eigenvalue weighted by molar-refractivity contribution is 0.0921. The van der Waals surface area contributed by atoms with Crippen LogP contribution in [0.4, 0.5) is 0 Å². The minimum Gasteiger partial charge on any atom is -0.455 e. The molecule has 3 rings (SSSR count). The van der Waals surface area contributed by atoms with Gasteiger partial charge in [-0.3, -0.25) is 9.00 Å². The molecule has 0 saturated heterocycles. The number of amides is 1. The molecule has 0 aliphatic rings. The van der Waals surface area contributed by atoms with Gasteiger partial charge in [0.15, 0.2) is 5.76 Å². The molecule has 7 heteroatoms. The van der Waals surface area contributed by atoms with E-state index in [0.29, 0.717) is 17.2 Å². The van der Waals surface area contributed by atoms with Crippen molar-refractivity contribution in [3.05, 3.63) is 86.7 Å². The van der Waals surface area contributed by atoms with Crippen LogP contribution in [0.25, 0.3) is 0 Å². The zero-order chi connectivity index (χ0) is 18.5. The zero-order valence-electron chi connectivity index (χ0n) is 13.6. The first-order valence-corrected chi connectivity index (χ1v) is 10.7. The summed E-state index contributed by atoms with van der Waals surface area (Å²) in [5.74, 6) is 0.637. The van der Waals surface area contributed by atoms with Gasteiger partial charge in [0.1, 0.15) is 5.76 Å². The number of halogens is 2. The molecule has 134 valence electrons. The fourth-order valence-electron chi connectivity index (χ4n) is 2.28. The first kappa shape index (κ1) is 19.1. The number of carbonyl (C=O) groups excluding carboxylic acids is 1. The Bertz CT molecular complexity index is 938. The van der Waals surface area contributed by atoms with Crippen LogP contribution < -0.4 is 5.32 Å². The third kappa shape index (κ3) is 4.93. The molecule has 3 aromatic rings. The molecule has 1 aromatic heterocycles. The van der Waals surface area contributed by atoms with E-state index in [1.54, 1.807) is 24.3 Å². The summed E-state index contributed by atoms with van der Waals surface area (Å²) in [6, 6.07) is 18.3. The van der Waals surface area contributed by atoms with Crippen LogP contribution in [0.2, 0.25) is 0 Å².